The van der Waals surface area contributed by atoms with Gasteiger partial charge in [-0.1, -0.05) is 116 Å². The maximum absolute atomic E-state index is 15.1. The van der Waals surface area contributed by atoms with Gasteiger partial charge in [-0.05, 0) is 101 Å². The second-order valence-electron chi connectivity index (χ2n) is 29.9. The Morgan fingerprint density at radius 2 is 1.43 bits per heavy atom. The number of benzene rings is 5. The van der Waals surface area contributed by atoms with Gasteiger partial charge in [-0.3, -0.25) is 52.7 Å². The Morgan fingerprint density at radius 1 is 0.765 bits per heavy atom. The molecule has 4 aliphatic rings. The van der Waals surface area contributed by atoms with E-state index in [1.165, 1.54) is 63.4 Å². The molecule has 35 nitrogen and oxygen atoms in total. The number of fused-ring (bicyclic) bond motifs is 4. The van der Waals surface area contributed by atoms with Crippen molar-refractivity contribution in [3.8, 4) is 23.0 Å². The quantitative estimate of drug-likeness (QED) is 0.0184. The Hall–Kier alpha value is -10.0. The number of aromatic hydroxyl groups is 3. The highest BCUT2D eigenvalue weighted by Crippen LogP contribution is 2.53. The highest BCUT2D eigenvalue weighted by molar-refractivity contribution is 8.77. The van der Waals surface area contributed by atoms with Crippen LogP contribution < -0.4 is 64.5 Å². The fourth-order valence-corrected chi connectivity index (χ4v) is 19.2. The van der Waals surface area contributed by atoms with Crippen LogP contribution >= 0.6 is 43.2 Å². The van der Waals surface area contributed by atoms with Crippen molar-refractivity contribution in [2.24, 2.45) is 17.2 Å². The molecule has 119 heavy (non-hydrogen) atoms. The Bertz CT molecular complexity index is 4750. The number of aliphatic hydroxyl groups is 4. The molecule has 2 aliphatic heterocycles. The normalized spacial score (nSPS) is 24.2. The summed E-state index contributed by atoms with van der Waals surface area (Å²) >= 11 is 0. The zero-order valence-electron chi connectivity index (χ0n) is 65.5. The molecule has 3 heterocycles. The van der Waals surface area contributed by atoms with Crippen LogP contribution in [0, 0.1) is 0 Å². The third-order valence-electron chi connectivity index (χ3n) is 20.8. The van der Waals surface area contributed by atoms with E-state index in [9.17, 15) is 88.5 Å². The van der Waals surface area contributed by atoms with E-state index in [-0.39, 0.29) is 96.9 Å². The van der Waals surface area contributed by atoms with Crippen LogP contribution in [0.5, 0.6) is 23.0 Å². The number of hydrogen-bond donors (Lipinski definition) is 19. The number of primary amides is 1. The number of H-pyrrole nitrogens is 1. The van der Waals surface area contributed by atoms with Crippen molar-refractivity contribution in [3.05, 3.63) is 153 Å². The summed E-state index contributed by atoms with van der Waals surface area (Å²) < 4.78 is 21.8. The van der Waals surface area contributed by atoms with Gasteiger partial charge in [-0.15, -0.1) is 0 Å². The first-order chi connectivity index (χ1) is 56.6. The zero-order chi connectivity index (χ0) is 86.3. The maximum atomic E-state index is 15.1. The summed E-state index contributed by atoms with van der Waals surface area (Å²) in [5.74, 6) is -13.0. The number of aromatic amines is 1. The van der Waals surface area contributed by atoms with E-state index in [0.717, 1.165) is 43.2 Å². The predicted molar refractivity (Wildman–Crippen MR) is 440 cm³/mol. The van der Waals surface area contributed by atoms with E-state index in [0.29, 0.717) is 34.0 Å². The second kappa shape index (κ2) is 40.8. The summed E-state index contributed by atoms with van der Waals surface area (Å²) in [5.41, 5.74) is 16.1. The number of nitrogens with two attached hydrogens (primary N) is 3. The number of amides is 9. The number of phenols is 3. The van der Waals surface area contributed by atoms with Crippen molar-refractivity contribution < 1.29 is 112 Å². The van der Waals surface area contributed by atoms with Gasteiger partial charge in [0.25, 0.3) is 0 Å². The largest absolute Gasteiger partial charge is 0.508 e. The number of carbonyl (C=O) groups is 12. The summed E-state index contributed by atoms with van der Waals surface area (Å²) in [5, 5.41) is 101. The first-order valence-electron chi connectivity index (χ1n) is 38.3. The molecule has 39 heteroatoms. The van der Waals surface area contributed by atoms with E-state index >= 15 is 4.79 Å². The molecular weight excluding hydrogens is 1630 g/mol. The molecule has 10 rings (SSSR count). The first kappa shape index (κ1) is 91.3. The minimum Gasteiger partial charge on any atom is -0.508 e. The van der Waals surface area contributed by atoms with Crippen LogP contribution in [-0.2, 0) is 83.0 Å². The van der Waals surface area contributed by atoms with Crippen molar-refractivity contribution in [2.75, 3.05) is 44.1 Å². The maximum Gasteiger partial charge on any atom is 0.407 e. The summed E-state index contributed by atoms with van der Waals surface area (Å²) in [6, 6.07) is 12.5. The third-order valence-corrected chi connectivity index (χ3v) is 26.5. The predicted octanol–water partition coefficient (Wildman–Crippen LogP) is 0.955. The van der Waals surface area contributed by atoms with E-state index in [1.54, 1.807) is 74.6 Å². The summed E-state index contributed by atoms with van der Waals surface area (Å²) in [4.78, 5) is 175. The van der Waals surface area contributed by atoms with Crippen LogP contribution in [0.25, 0.3) is 10.9 Å². The number of para-hydroxylation sites is 1. The molecule has 0 spiro atoms. The molecule has 1 aromatic heterocycles. The lowest BCUT2D eigenvalue weighted by molar-refractivity contribution is -0.249. The number of unbranched alkanes of at least 4 members (excludes halogenated alkanes) is 1. The number of nitrogens with one attached hydrogen (secondary N) is 9. The molecule has 2 fully saturated rings. The van der Waals surface area contributed by atoms with Gasteiger partial charge < -0.3 is 119 Å². The highest BCUT2D eigenvalue weighted by Gasteiger charge is 2.51. The Labute approximate surface area is 699 Å². The van der Waals surface area contributed by atoms with Crippen LogP contribution in [-0.4, -0.2) is 245 Å². The molecule has 640 valence electrons. The average molecular weight is 1720 g/mol. The van der Waals surface area contributed by atoms with Crippen molar-refractivity contribution in [1.29, 1.82) is 0 Å². The fourth-order valence-electron chi connectivity index (χ4n) is 14.4. The number of phenolic OH excluding ortho intramolecular Hbond substituents is 3. The molecule has 9 amide bonds. The number of aliphatic hydroxyl groups excluding tert-OH is 3. The lowest BCUT2D eigenvalue weighted by atomic mass is 9.72. The minimum absolute atomic E-state index is 0.00926. The Balaban J connectivity index is 0.844. The van der Waals surface area contributed by atoms with E-state index in [1.807, 2.05) is 0 Å². The third kappa shape index (κ3) is 22.3. The number of carbonyl (C=O) groups excluding carboxylic acids is 12. The molecule has 0 unspecified atom stereocenters. The molecule has 2 saturated heterocycles. The van der Waals surface area contributed by atoms with Crippen molar-refractivity contribution in [2.45, 2.75) is 181 Å². The van der Waals surface area contributed by atoms with Crippen LogP contribution in [0.3, 0.4) is 0 Å². The SMILES string of the molecule is COc1cccc2c1C(=O)c1c(O)c3c(c(O)c1C2=O)C[C@@](O)(C(=O)CO)C[C@@H]3O[C@H]1C[C@H](NC(=O)OCCSSC(C)(C)[C@H](NC(=O)[C@@H]2CSSC[C@H](NC(=O)[C@H](N)Cc3ccccc3)C(=O)N[C@@H](Cc3ccc(O)cc3)C(=O)N[C@H](Cc3c[nH]c4ccccc34)C(=O)N[C@@H](CCCCN)C(=O)N[C@@H]([C@@H](C)O)C(=O)N2)C(N)=O)[C@H](O)[C@H](C)O1. The van der Waals surface area contributed by atoms with Crippen LogP contribution in [0.4, 0.5) is 4.79 Å². The summed E-state index contributed by atoms with van der Waals surface area (Å²) in [6.07, 6.45) is -8.32. The smallest absolute Gasteiger partial charge is 0.407 e. The number of rotatable bonds is 28. The highest BCUT2D eigenvalue weighted by atomic mass is 33.1. The molecule has 0 radical (unpaired) electrons. The Kier molecular flexibility index (Phi) is 31.3. The van der Waals surface area contributed by atoms with Gasteiger partial charge in [-0.2, -0.15) is 0 Å². The molecular formula is C80H98N12O23S4. The zero-order valence-corrected chi connectivity index (χ0v) is 68.8. The summed E-state index contributed by atoms with van der Waals surface area (Å²) in [6.45, 7) is 4.43. The van der Waals surface area contributed by atoms with E-state index in [4.69, 9.17) is 36.1 Å². The monoisotopic (exact) mass is 1720 g/mol. The van der Waals surface area contributed by atoms with Gasteiger partial charge >= 0.3 is 6.09 Å². The van der Waals surface area contributed by atoms with E-state index < -0.39 is 214 Å². The van der Waals surface area contributed by atoms with Gasteiger partial charge in [0.05, 0.1) is 54.2 Å². The topological polar surface area (TPSA) is 573 Å². The average Bonchev–Trinajstić information content (AvgIpc) is 1.48. The number of ketones is 3. The lowest BCUT2D eigenvalue weighted by Gasteiger charge is -2.42. The van der Waals surface area contributed by atoms with Gasteiger partial charge in [0.2, 0.25) is 53.0 Å². The van der Waals surface area contributed by atoms with Crippen molar-refractivity contribution in [1.82, 2.24) is 47.5 Å². The number of methoxy groups -OCH3 is 1. The van der Waals surface area contributed by atoms with Crippen molar-refractivity contribution >= 4 is 125 Å². The number of ether oxygens (including phenoxy) is 4. The molecule has 22 N–H and O–H groups in total. The number of aromatic nitrogens is 1. The number of alkyl carbamates (subject to hydrolysis) is 1. The van der Waals surface area contributed by atoms with Gasteiger partial charge in [-0.25, -0.2) is 4.79 Å². The Morgan fingerprint density at radius 3 is 2.12 bits per heavy atom. The molecule has 0 bridgehead atoms. The van der Waals surface area contributed by atoms with Crippen LogP contribution in [0.1, 0.15) is 126 Å². The summed E-state index contributed by atoms with van der Waals surface area (Å²) in [7, 11) is 5.19. The molecule has 0 saturated carbocycles. The molecule has 15 atom stereocenters. The van der Waals surface area contributed by atoms with Gasteiger partial charge in [0, 0.05) is 87.9 Å². The van der Waals surface area contributed by atoms with Crippen LogP contribution in [0.2, 0.25) is 0 Å². The van der Waals surface area contributed by atoms with Gasteiger partial charge in [0.15, 0.2) is 17.9 Å². The second-order valence-corrected chi connectivity index (χ2v) is 35.5. The van der Waals surface area contributed by atoms with Crippen LogP contribution in [0.15, 0.2) is 103 Å². The first-order valence-corrected chi connectivity index (χ1v) is 43.1. The molecule has 6 aromatic rings. The van der Waals surface area contributed by atoms with Crippen molar-refractivity contribution in [3.63, 3.8) is 0 Å². The lowest BCUT2D eigenvalue weighted by Crippen LogP contribution is -2.63. The minimum atomic E-state index is -2.48. The number of Topliss-reactive ketones (excluding diaryl/α,β-unsaturated/α-hetero) is 1. The van der Waals surface area contributed by atoms with Gasteiger partial charge in [0.1, 0.15) is 90.2 Å². The standard InChI is InChI=1S/C80H98N12O23S4/c1-38(94)63-77(109)89-54(37-118-117-36-53(88-71(103)47(82)28-40-14-7-6-8-15-40)75(107)86-51(29-41-21-23-43(95)24-22-41)73(105)87-52(30-42-34-84-48-18-10-9-16-44(42)48)74(106)85-49(72(104)91-63)19-11-12-25-81)76(108)92-69(70(83)102)79(3,4)119-116-27-26-113-78(110)90-50-31-58(114-39(2)64(50)97)115-56-33-80(111,57(96)35-93)32-46-60(56)68(101)62-61(66(46)99)65(98)45-17-13-20-55(112-5)59(45)67(62)100/h6-10,13-18,20-24,34,38-39,47,49-54,56,58,63-64,69,84,93-95,97,99,101,111H,11-12,19,25-33,35-37,81-82H2,1-5H3,(H2,83,102)(H,85,106)(H,86,107)(H,87,105)(H,88,103)(H,89,109)(H,90,110)(H,91,104)(H,92,108)/t38-,39+,47-,49+,50+,51+,52-,53+,54+,56+,58+,63+,64-,69-,80+/m1/s1. The fraction of sp³-hybridized carbons (Fsp3) is 0.450. The van der Waals surface area contributed by atoms with E-state index in [2.05, 4.69) is 47.5 Å². The molecule has 2 aliphatic carbocycles. The number of hydrogen-bond acceptors (Lipinski definition) is 29. The molecule has 5 aromatic carbocycles.